The molecule has 0 saturated heterocycles. The van der Waals surface area contributed by atoms with Crippen molar-refractivity contribution >= 4 is 5.69 Å². The number of aryl methyl sites for hydroxylation is 1. The second kappa shape index (κ2) is 5.26. The van der Waals surface area contributed by atoms with Crippen molar-refractivity contribution in [3.8, 4) is 5.75 Å². The summed E-state index contributed by atoms with van der Waals surface area (Å²) < 4.78 is 26.0. The summed E-state index contributed by atoms with van der Waals surface area (Å²) in [5.74, 6) is -1.48. The molecule has 0 fully saturated rings. The molecule has 2 rings (SSSR count). The first kappa shape index (κ1) is 13.3. The predicted octanol–water partition coefficient (Wildman–Crippen LogP) is 4.15. The molecule has 2 N–H and O–H groups in total. The number of halogens is 2. The standard InChI is InChI=1S/C15H15F2NO/c1-9-7-12(4-6-15(9)19)18-10(2)11-3-5-13(16)14(17)8-11/h3-8,10,18-19H,1-2H3. The van der Waals surface area contributed by atoms with Gasteiger partial charge in [-0.15, -0.1) is 0 Å². The Balaban J connectivity index is 2.17. The molecule has 1 atom stereocenters. The van der Waals surface area contributed by atoms with Crippen LogP contribution in [0.1, 0.15) is 24.1 Å². The number of hydrogen-bond donors (Lipinski definition) is 2. The molecule has 0 aliphatic carbocycles. The Bertz CT molecular complexity index is 599. The van der Waals surface area contributed by atoms with Crippen molar-refractivity contribution in [3.05, 3.63) is 59.2 Å². The van der Waals surface area contributed by atoms with Gasteiger partial charge in [0.1, 0.15) is 5.75 Å². The Hall–Kier alpha value is -2.10. The quantitative estimate of drug-likeness (QED) is 0.815. The first-order chi connectivity index (χ1) is 8.97. The topological polar surface area (TPSA) is 32.3 Å². The van der Waals surface area contributed by atoms with Gasteiger partial charge in [0, 0.05) is 11.7 Å². The van der Waals surface area contributed by atoms with Crippen LogP contribution in [0.3, 0.4) is 0 Å². The van der Waals surface area contributed by atoms with Crippen LogP contribution in [0.25, 0.3) is 0 Å². The zero-order valence-corrected chi connectivity index (χ0v) is 10.7. The molecule has 0 bridgehead atoms. The molecule has 0 aliphatic heterocycles. The van der Waals surface area contributed by atoms with Gasteiger partial charge in [-0.1, -0.05) is 6.07 Å². The van der Waals surface area contributed by atoms with Gasteiger partial charge in [0.25, 0.3) is 0 Å². The molecular weight excluding hydrogens is 248 g/mol. The van der Waals surface area contributed by atoms with Crippen LogP contribution in [0.4, 0.5) is 14.5 Å². The second-order valence-corrected chi connectivity index (χ2v) is 4.54. The molecule has 0 aliphatic rings. The van der Waals surface area contributed by atoms with E-state index in [9.17, 15) is 13.9 Å². The highest BCUT2D eigenvalue weighted by Crippen LogP contribution is 2.24. The SMILES string of the molecule is Cc1cc(NC(C)c2ccc(F)c(F)c2)ccc1O. The third-order valence-electron chi connectivity index (χ3n) is 3.02. The molecule has 0 amide bonds. The Morgan fingerprint density at radius 1 is 1.05 bits per heavy atom. The van der Waals surface area contributed by atoms with E-state index >= 15 is 0 Å². The highest BCUT2D eigenvalue weighted by molar-refractivity contribution is 5.51. The van der Waals surface area contributed by atoms with E-state index in [0.717, 1.165) is 17.3 Å². The van der Waals surface area contributed by atoms with Crippen molar-refractivity contribution in [2.75, 3.05) is 5.32 Å². The predicted molar refractivity (Wildman–Crippen MR) is 71.2 cm³/mol. The van der Waals surface area contributed by atoms with Gasteiger partial charge >= 0.3 is 0 Å². The highest BCUT2D eigenvalue weighted by atomic mass is 19.2. The van der Waals surface area contributed by atoms with Gasteiger partial charge in [0.15, 0.2) is 11.6 Å². The van der Waals surface area contributed by atoms with E-state index in [1.165, 1.54) is 6.07 Å². The lowest BCUT2D eigenvalue weighted by Crippen LogP contribution is -2.07. The third-order valence-corrected chi connectivity index (χ3v) is 3.02. The highest BCUT2D eigenvalue weighted by Gasteiger charge is 2.09. The van der Waals surface area contributed by atoms with Crippen LogP contribution < -0.4 is 5.32 Å². The molecule has 0 aromatic heterocycles. The van der Waals surface area contributed by atoms with Crippen molar-refractivity contribution in [2.24, 2.45) is 0 Å². The van der Waals surface area contributed by atoms with Crippen LogP contribution in [0, 0.1) is 18.6 Å². The third kappa shape index (κ3) is 3.02. The van der Waals surface area contributed by atoms with E-state index in [0.29, 0.717) is 5.56 Å². The van der Waals surface area contributed by atoms with Gasteiger partial charge in [-0.3, -0.25) is 0 Å². The summed E-state index contributed by atoms with van der Waals surface area (Å²) in [6.07, 6.45) is 0. The number of anilines is 1. The van der Waals surface area contributed by atoms with Crippen LogP contribution in [0.5, 0.6) is 5.75 Å². The molecule has 0 radical (unpaired) electrons. The molecular formula is C15H15F2NO. The number of rotatable bonds is 3. The van der Waals surface area contributed by atoms with Gasteiger partial charge < -0.3 is 10.4 Å². The lowest BCUT2D eigenvalue weighted by molar-refractivity contribution is 0.471. The maximum atomic E-state index is 13.2. The van der Waals surface area contributed by atoms with Crippen molar-refractivity contribution in [1.82, 2.24) is 0 Å². The largest absolute Gasteiger partial charge is 0.508 e. The van der Waals surface area contributed by atoms with E-state index < -0.39 is 11.6 Å². The molecule has 0 spiro atoms. The number of hydrogen-bond acceptors (Lipinski definition) is 2. The van der Waals surface area contributed by atoms with Crippen LogP contribution in [-0.4, -0.2) is 5.11 Å². The second-order valence-electron chi connectivity index (χ2n) is 4.54. The number of nitrogens with one attached hydrogen (secondary N) is 1. The van der Waals surface area contributed by atoms with E-state index in [1.807, 2.05) is 6.92 Å². The lowest BCUT2D eigenvalue weighted by Gasteiger charge is -2.16. The maximum absolute atomic E-state index is 13.2. The first-order valence-corrected chi connectivity index (χ1v) is 5.98. The van der Waals surface area contributed by atoms with Gasteiger partial charge in [-0.2, -0.15) is 0 Å². The fourth-order valence-electron chi connectivity index (χ4n) is 1.86. The monoisotopic (exact) mass is 263 g/mol. The Morgan fingerprint density at radius 2 is 1.79 bits per heavy atom. The summed E-state index contributed by atoms with van der Waals surface area (Å²) in [6.45, 7) is 3.65. The average molecular weight is 263 g/mol. The summed E-state index contributed by atoms with van der Waals surface area (Å²) in [7, 11) is 0. The molecule has 0 saturated carbocycles. The number of phenols is 1. The van der Waals surface area contributed by atoms with Crippen LogP contribution >= 0.6 is 0 Å². The Labute approximate surface area is 110 Å². The molecule has 1 unspecified atom stereocenters. The first-order valence-electron chi connectivity index (χ1n) is 5.98. The van der Waals surface area contributed by atoms with Gasteiger partial charge in [-0.25, -0.2) is 8.78 Å². The Morgan fingerprint density at radius 3 is 2.42 bits per heavy atom. The summed E-state index contributed by atoms with van der Waals surface area (Å²) in [5, 5.41) is 12.6. The van der Waals surface area contributed by atoms with E-state index in [2.05, 4.69) is 5.32 Å². The minimum Gasteiger partial charge on any atom is -0.508 e. The zero-order valence-electron chi connectivity index (χ0n) is 10.7. The van der Waals surface area contributed by atoms with Crippen molar-refractivity contribution in [2.45, 2.75) is 19.9 Å². The maximum Gasteiger partial charge on any atom is 0.159 e. The van der Waals surface area contributed by atoms with E-state index in [1.54, 1.807) is 31.2 Å². The summed E-state index contributed by atoms with van der Waals surface area (Å²) in [5.41, 5.74) is 2.22. The minimum absolute atomic E-state index is 0.168. The lowest BCUT2D eigenvalue weighted by atomic mass is 10.1. The normalized spacial score (nSPS) is 12.2. The van der Waals surface area contributed by atoms with Crippen LogP contribution in [-0.2, 0) is 0 Å². The summed E-state index contributed by atoms with van der Waals surface area (Å²) in [6, 6.07) is 8.80. The molecule has 19 heavy (non-hydrogen) atoms. The zero-order chi connectivity index (χ0) is 14.0. The number of benzene rings is 2. The van der Waals surface area contributed by atoms with Gasteiger partial charge in [0.2, 0.25) is 0 Å². The summed E-state index contributed by atoms with van der Waals surface area (Å²) in [4.78, 5) is 0. The van der Waals surface area contributed by atoms with E-state index in [-0.39, 0.29) is 11.8 Å². The molecule has 100 valence electrons. The fourth-order valence-corrected chi connectivity index (χ4v) is 1.86. The number of phenolic OH excluding ortho intramolecular Hbond substituents is 1. The molecule has 2 aromatic rings. The van der Waals surface area contributed by atoms with Crippen molar-refractivity contribution in [3.63, 3.8) is 0 Å². The molecule has 2 nitrogen and oxygen atoms in total. The van der Waals surface area contributed by atoms with Gasteiger partial charge in [-0.05, 0) is 55.3 Å². The van der Waals surface area contributed by atoms with Crippen LogP contribution in [0.2, 0.25) is 0 Å². The van der Waals surface area contributed by atoms with Gasteiger partial charge in [0.05, 0.1) is 0 Å². The molecule has 4 heteroatoms. The number of aromatic hydroxyl groups is 1. The Kier molecular flexibility index (Phi) is 3.69. The van der Waals surface area contributed by atoms with Crippen molar-refractivity contribution in [1.29, 1.82) is 0 Å². The molecule has 2 aromatic carbocycles. The van der Waals surface area contributed by atoms with Crippen LogP contribution in [0.15, 0.2) is 36.4 Å². The fraction of sp³-hybridized carbons (Fsp3) is 0.200. The van der Waals surface area contributed by atoms with Crippen molar-refractivity contribution < 1.29 is 13.9 Å². The summed E-state index contributed by atoms with van der Waals surface area (Å²) >= 11 is 0. The molecule has 0 heterocycles. The van der Waals surface area contributed by atoms with E-state index in [4.69, 9.17) is 0 Å². The smallest absolute Gasteiger partial charge is 0.159 e. The average Bonchev–Trinajstić information content (AvgIpc) is 2.37. The minimum atomic E-state index is -0.854.